The maximum atomic E-state index is 5.35. The highest BCUT2D eigenvalue weighted by Gasteiger charge is 2.22. The number of nitrogens with one attached hydrogen (secondary N) is 1. The van der Waals surface area contributed by atoms with Crippen molar-refractivity contribution in [3.8, 4) is 0 Å². The van der Waals surface area contributed by atoms with Gasteiger partial charge in [-0.1, -0.05) is 20.8 Å². The fourth-order valence-corrected chi connectivity index (χ4v) is 2.11. The van der Waals surface area contributed by atoms with E-state index in [4.69, 9.17) is 4.42 Å². The van der Waals surface area contributed by atoms with Crippen LogP contribution in [0.4, 0.5) is 0 Å². The molecule has 1 aromatic heterocycles. The number of furan rings is 1. The summed E-state index contributed by atoms with van der Waals surface area (Å²) in [6.45, 7) is 8.79. The molecule has 0 amide bonds. The van der Waals surface area contributed by atoms with E-state index >= 15 is 0 Å². The molecule has 0 saturated heterocycles. The summed E-state index contributed by atoms with van der Waals surface area (Å²) >= 11 is 0. The minimum atomic E-state index is 0.306. The Labute approximate surface area is 105 Å². The van der Waals surface area contributed by atoms with Crippen molar-refractivity contribution < 1.29 is 4.42 Å². The Bertz CT molecular complexity index is 301. The zero-order chi connectivity index (χ0) is 12.9. The molecule has 0 fully saturated rings. The van der Waals surface area contributed by atoms with Gasteiger partial charge in [-0.15, -0.1) is 0 Å². The summed E-state index contributed by atoms with van der Waals surface area (Å²) in [4.78, 5) is 2.30. The molecule has 1 aromatic rings. The minimum absolute atomic E-state index is 0.306. The second kappa shape index (κ2) is 6.22. The predicted molar refractivity (Wildman–Crippen MR) is 72.0 cm³/mol. The molecule has 0 aliphatic rings. The summed E-state index contributed by atoms with van der Waals surface area (Å²) in [6.07, 6.45) is 2.88. The molecule has 1 unspecified atom stereocenters. The summed E-state index contributed by atoms with van der Waals surface area (Å²) in [6, 6.07) is 4.51. The molecule has 0 aliphatic carbocycles. The van der Waals surface area contributed by atoms with E-state index in [9.17, 15) is 0 Å². The van der Waals surface area contributed by atoms with E-state index in [1.807, 2.05) is 19.2 Å². The molecule has 3 heteroatoms. The van der Waals surface area contributed by atoms with Crippen LogP contribution in [-0.2, 0) is 6.54 Å². The van der Waals surface area contributed by atoms with Gasteiger partial charge in [-0.25, -0.2) is 0 Å². The Morgan fingerprint density at radius 3 is 2.59 bits per heavy atom. The van der Waals surface area contributed by atoms with Crippen LogP contribution in [0.1, 0.15) is 33.0 Å². The van der Waals surface area contributed by atoms with Crippen LogP contribution in [0.25, 0.3) is 0 Å². The van der Waals surface area contributed by atoms with E-state index in [0.717, 1.165) is 25.3 Å². The van der Waals surface area contributed by atoms with Crippen molar-refractivity contribution in [3.63, 3.8) is 0 Å². The highest BCUT2D eigenvalue weighted by Crippen LogP contribution is 2.21. The van der Waals surface area contributed by atoms with Crippen LogP contribution in [-0.4, -0.2) is 31.6 Å². The van der Waals surface area contributed by atoms with E-state index in [1.54, 1.807) is 6.26 Å². The van der Waals surface area contributed by atoms with Gasteiger partial charge in [0.2, 0.25) is 0 Å². The Balaban J connectivity index is 2.34. The maximum absolute atomic E-state index is 5.35. The predicted octanol–water partition coefficient (Wildman–Crippen LogP) is 2.74. The fraction of sp³-hybridized carbons (Fsp3) is 0.714. The SMILES string of the molecule is CNC(CCN(C)Cc1ccco1)C(C)(C)C. The number of rotatable bonds is 6. The molecule has 17 heavy (non-hydrogen) atoms. The Hall–Kier alpha value is -0.800. The molecular formula is C14H26N2O. The zero-order valence-electron chi connectivity index (χ0n) is 11.8. The van der Waals surface area contributed by atoms with Gasteiger partial charge in [0.25, 0.3) is 0 Å². The second-order valence-electron chi connectivity index (χ2n) is 5.81. The molecule has 1 heterocycles. The lowest BCUT2D eigenvalue weighted by atomic mass is 9.85. The summed E-state index contributed by atoms with van der Waals surface area (Å²) in [5.74, 6) is 1.03. The van der Waals surface area contributed by atoms with E-state index in [0.29, 0.717) is 11.5 Å². The van der Waals surface area contributed by atoms with Gasteiger partial charge in [-0.2, -0.15) is 0 Å². The third-order valence-corrected chi connectivity index (χ3v) is 3.20. The van der Waals surface area contributed by atoms with Crippen molar-refractivity contribution in [2.45, 2.75) is 39.8 Å². The first kappa shape index (κ1) is 14.3. The third kappa shape index (κ3) is 4.92. The molecule has 0 bridgehead atoms. The molecular weight excluding hydrogens is 212 g/mol. The van der Waals surface area contributed by atoms with Crippen molar-refractivity contribution >= 4 is 0 Å². The van der Waals surface area contributed by atoms with E-state index in [-0.39, 0.29) is 0 Å². The van der Waals surface area contributed by atoms with Crippen LogP contribution < -0.4 is 5.32 Å². The lowest BCUT2D eigenvalue weighted by molar-refractivity contribution is 0.220. The molecule has 0 spiro atoms. The summed E-state index contributed by atoms with van der Waals surface area (Å²) in [7, 11) is 4.18. The van der Waals surface area contributed by atoms with Gasteiger partial charge < -0.3 is 9.73 Å². The largest absolute Gasteiger partial charge is 0.468 e. The van der Waals surface area contributed by atoms with Crippen molar-refractivity contribution in [3.05, 3.63) is 24.2 Å². The topological polar surface area (TPSA) is 28.4 Å². The standard InChI is InChI=1S/C14H26N2O/c1-14(2,3)13(15-4)8-9-16(5)11-12-7-6-10-17-12/h6-7,10,13,15H,8-9,11H2,1-5H3. The molecule has 1 atom stereocenters. The molecule has 0 saturated carbocycles. The van der Waals surface area contributed by atoms with Gasteiger partial charge in [-0.3, -0.25) is 4.90 Å². The van der Waals surface area contributed by atoms with E-state index < -0.39 is 0 Å². The quantitative estimate of drug-likeness (QED) is 0.826. The lowest BCUT2D eigenvalue weighted by Crippen LogP contribution is -2.40. The monoisotopic (exact) mass is 238 g/mol. The third-order valence-electron chi connectivity index (χ3n) is 3.20. The minimum Gasteiger partial charge on any atom is -0.468 e. The van der Waals surface area contributed by atoms with Crippen molar-refractivity contribution in [2.24, 2.45) is 5.41 Å². The zero-order valence-corrected chi connectivity index (χ0v) is 11.8. The second-order valence-corrected chi connectivity index (χ2v) is 5.81. The van der Waals surface area contributed by atoms with Gasteiger partial charge in [0.1, 0.15) is 5.76 Å². The van der Waals surface area contributed by atoms with Crippen LogP contribution in [0.3, 0.4) is 0 Å². The first-order chi connectivity index (χ1) is 7.93. The van der Waals surface area contributed by atoms with Crippen LogP contribution in [0.2, 0.25) is 0 Å². The highest BCUT2D eigenvalue weighted by molar-refractivity contribution is 4.97. The number of hydrogen-bond donors (Lipinski definition) is 1. The van der Waals surface area contributed by atoms with Crippen molar-refractivity contribution in [1.82, 2.24) is 10.2 Å². The van der Waals surface area contributed by atoms with Crippen LogP contribution >= 0.6 is 0 Å². The van der Waals surface area contributed by atoms with Gasteiger partial charge in [0, 0.05) is 6.04 Å². The van der Waals surface area contributed by atoms with Crippen LogP contribution in [0.5, 0.6) is 0 Å². The average molecular weight is 238 g/mol. The van der Waals surface area contributed by atoms with E-state index in [2.05, 4.69) is 38.0 Å². The molecule has 3 nitrogen and oxygen atoms in total. The normalized spacial score (nSPS) is 14.2. The van der Waals surface area contributed by atoms with Gasteiger partial charge >= 0.3 is 0 Å². The van der Waals surface area contributed by atoms with Crippen molar-refractivity contribution in [1.29, 1.82) is 0 Å². The van der Waals surface area contributed by atoms with Crippen LogP contribution in [0, 0.1) is 5.41 Å². The Morgan fingerprint density at radius 2 is 2.12 bits per heavy atom. The summed E-state index contributed by atoms with van der Waals surface area (Å²) < 4.78 is 5.35. The molecule has 1 N–H and O–H groups in total. The highest BCUT2D eigenvalue weighted by atomic mass is 16.3. The molecule has 98 valence electrons. The smallest absolute Gasteiger partial charge is 0.117 e. The van der Waals surface area contributed by atoms with Crippen LogP contribution in [0.15, 0.2) is 22.8 Å². The number of nitrogens with zero attached hydrogens (tertiary/aromatic N) is 1. The maximum Gasteiger partial charge on any atom is 0.117 e. The molecule has 0 aliphatic heterocycles. The lowest BCUT2D eigenvalue weighted by Gasteiger charge is -2.31. The van der Waals surface area contributed by atoms with E-state index in [1.165, 1.54) is 0 Å². The fourth-order valence-electron chi connectivity index (χ4n) is 2.11. The van der Waals surface area contributed by atoms with Gasteiger partial charge in [0.05, 0.1) is 12.8 Å². The average Bonchev–Trinajstić information content (AvgIpc) is 2.69. The molecule has 1 rings (SSSR count). The first-order valence-corrected chi connectivity index (χ1v) is 6.31. The number of hydrogen-bond acceptors (Lipinski definition) is 3. The summed E-state index contributed by atoms with van der Waals surface area (Å²) in [5.41, 5.74) is 0.306. The van der Waals surface area contributed by atoms with Crippen molar-refractivity contribution in [2.75, 3.05) is 20.6 Å². The Morgan fingerprint density at radius 1 is 1.41 bits per heavy atom. The van der Waals surface area contributed by atoms with Gasteiger partial charge in [0.15, 0.2) is 0 Å². The Kier molecular flexibility index (Phi) is 5.22. The molecule has 0 radical (unpaired) electrons. The molecule has 0 aromatic carbocycles. The van der Waals surface area contributed by atoms with Gasteiger partial charge in [-0.05, 0) is 44.6 Å². The summed E-state index contributed by atoms with van der Waals surface area (Å²) in [5, 5.41) is 3.41. The first-order valence-electron chi connectivity index (χ1n) is 6.31.